The number of aryl methyl sites for hydroxylation is 1. The lowest BCUT2D eigenvalue weighted by Crippen LogP contribution is -2.31. The standard InChI is InChI=1S/C14H22N2O/c1-4-6-9-16(5-2)14(17)12-8-7-11(3)13(15)10-12/h7-8,10H,4-6,9,15H2,1-3H3. The molecule has 0 aliphatic carbocycles. The minimum Gasteiger partial charge on any atom is -0.398 e. The summed E-state index contributed by atoms with van der Waals surface area (Å²) in [6.45, 7) is 7.64. The van der Waals surface area contributed by atoms with Crippen molar-refractivity contribution in [3.63, 3.8) is 0 Å². The number of nitrogen functional groups attached to an aromatic ring is 1. The summed E-state index contributed by atoms with van der Waals surface area (Å²) in [5.74, 6) is 0.0765. The van der Waals surface area contributed by atoms with Crippen LogP contribution in [0.25, 0.3) is 0 Å². The molecular formula is C14H22N2O. The van der Waals surface area contributed by atoms with E-state index >= 15 is 0 Å². The Hall–Kier alpha value is -1.51. The second-order valence-corrected chi connectivity index (χ2v) is 4.31. The SMILES string of the molecule is CCCCN(CC)C(=O)c1ccc(C)c(N)c1. The van der Waals surface area contributed by atoms with E-state index in [-0.39, 0.29) is 5.91 Å². The summed E-state index contributed by atoms with van der Waals surface area (Å²) in [6.07, 6.45) is 2.14. The van der Waals surface area contributed by atoms with Gasteiger partial charge in [-0.1, -0.05) is 19.4 Å². The van der Waals surface area contributed by atoms with Crippen molar-refractivity contribution < 1.29 is 4.79 Å². The van der Waals surface area contributed by atoms with Crippen LogP contribution in [0.15, 0.2) is 18.2 Å². The van der Waals surface area contributed by atoms with Crippen molar-refractivity contribution in [2.75, 3.05) is 18.8 Å². The number of anilines is 1. The van der Waals surface area contributed by atoms with Crippen molar-refractivity contribution in [3.8, 4) is 0 Å². The van der Waals surface area contributed by atoms with Gasteiger partial charge in [-0.3, -0.25) is 4.79 Å². The average molecular weight is 234 g/mol. The quantitative estimate of drug-likeness (QED) is 0.796. The van der Waals surface area contributed by atoms with Crippen molar-refractivity contribution in [2.45, 2.75) is 33.6 Å². The zero-order valence-electron chi connectivity index (χ0n) is 11.0. The number of hydrogen-bond donors (Lipinski definition) is 1. The number of carbonyl (C=O) groups excluding carboxylic acids is 1. The molecule has 3 nitrogen and oxygen atoms in total. The van der Waals surface area contributed by atoms with Crippen LogP contribution in [0.1, 0.15) is 42.6 Å². The molecule has 0 spiro atoms. The predicted octanol–water partition coefficient (Wildman–Crippen LogP) is 2.84. The highest BCUT2D eigenvalue weighted by atomic mass is 16.2. The van der Waals surface area contributed by atoms with Crippen molar-refractivity contribution >= 4 is 11.6 Å². The maximum absolute atomic E-state index is 12.2. The van der Waals surface area contributed by atoms with Gasteiger partial charge in [0.2, 0.25) is 0 Å². The third-order valence-corrected chi connectivity index (χ3v) is 2.98. The number of hydrogen-bond acceptors (Lipinski definition) is 2. The lowest BCUT2D eigenvalue weighted by atomic mass is 10.1. The maximum Gasteiger partial charge on any atom is 0.253 e. The highest BCUT2D eigenvalue weighted by Crippen LogP contribution is 2.15. The van der Waals surface area contributed by atoms with Gasteiger partial charge in [0, 0.05) is 24.3 Å². The van der Waals surface area contributed by atoms with Crippen LogP contribution in [-0.4, -0.2) is 23.9 Å². The van der Waals surface area contributed by atoms with Crippen molar-refractivity contribution in [1.82, 2.24) is 4.90 Å². The van der Waals surface area contributed by atoms with Gasteiger partial charge in [-0.2, -0.15) is 0 Å². The van der Waals surface area contributed by atoms with Crippen LogP contribution < -0.4 is 5.73 Å². The third-order valence-electron chi connectivity index (χ3n) is 2.98. The van der Waals surface area contributed by atoms with Crippen LogP contribution in [0, 0.1) is 6.92 Å². The number of nitrogens with two attached hydrogens (primary N) is 1. The molecule has 2 N–H and O–H groups in total. The molecule has 1 rings (SSSR count). The summed E-state index contributed by atoms with van der Waals surface area (Å²) >= 11 is 0. The van der Waals surface area contributed by atoms with Crippen molar-refractivity contribution in [1.29, 1.82) is 0 Å². The predicted molar refractivity (Wildman–Crippen MR) is 72.1 cm³/mol. The minimum absolute atomic E-state index is 0.0765. The Morgan fingerprint density at radius 2 is 2.06 bits per heavy atom. The van der Waals surface area contributed by atoms with E-state index in [0.717, 1.165) is 31.5 Å². The molecule has 0 fully saturated rings. The van der Waals surface area contributed by atoms with E-state index in [1.807, 2.05) is 30.9 Å². The van der Waals surface area contributed by atoms with Crippen LogP contribution >= 0.6 is 0 Å². The Kier molecular flexibility index (Phi) is 5.01. The van der Waals surface area contributed by atoms with Gasteiger partial charge in [-0.25, -0.2) is 0 Å². The van der Waals surface area contributed by atoms with Gasteiger partial charge in [0.1, 0.15) is 0 Å². The lowest BCUT2D eigenvalue weighted by Gasteiger charge is -2.21. The maximum atomic E-state index is 12.2. The van der Waals surface area contributed by atoms with E-state index in [0.29, 0.717) is 11.3 Å². The molecule has 0 heterocycles. The van der Waals surface area contributed by atoms with Crippen LogP contribution in [0.4, 0.5) is 5.69 Å². The molecule has 0 saturated heterocycles. The molecule has 0 aliphatic heterocycles. The molecule has 0 unspecified atom stereocenters. The number of amides is 1. The number of carbonyl (C=O) groups is 1. The van der Waals surface area contributed by atoms with Gasteiger partial charge in [0.15, 0.2) is 0 Å². The Bertz CT molecular complexity index is 388. The summed E-state index contributed by atoms with van der Waals surface area (Å²) in [7, 11) is 0. The topological polar surface area (TPSA) is 46.3 Å². The fourth-order valence-corrected chi connectivity index (χ4v) is 1.71. The molecule has 0 aliphatic rings. The zero-order valence-corrected chi connectivity index (χ0v) is 11.0. The Morgan fingerprint density at radius 1 is 1.35 bits per heavy atom. The average Bonchev–Trinajstić information content (AvgIpc) is 2.33. The normalized spacial score (nSPS) is 10.3. The van der Waals surface area contributed by atoms with E-state index in [2.05, 4.69) is 6.92 Å². The van der Waals surface area contributed by atoms with Gasteiger partial charge >= 0.3 is 0 Å². The second-order valence-electron chi connectivity index (χ2n) is 4.31. The number of rotatable bonds is 5. The first-order valence-corrected chi connectivity index (χ1v) is 6.25. The molecule has 1 aromatic rings. The van der Waals surface area contributed by atoms with E-state index in [9.17, 15) is 4.79 Å². The van der Waals surface area contributed by atoms with Crippen LogP contribution in [-0.2, 0) is 0 Å². The van der Waals surface area contributed by atoms with E-state index < -0.39 is 0 Å². The molecule has 94 valence electrons. The smallest absolute Gasteiger partial charge is 0.253 e. The summed E-state index contributed by atoms with van der Waals surface area (Å²) in [4.78, 5) is 14.1. The van der Waals surface area contributed by atoms with Gasteiger partial charge in [0.05, 0.1) is 0 Å². The monoisotopic (exact) mass is 234 g/mol. The van der Waals surface area contributed by atoms with Crippen molar-refractivity contribution in [2.24, 2.45) is 0 Å². The molecule has 0 saturated carbocycles. The van der Waals surface area contributed by atoms with Gasteiger partial charge in [-0.05, 0) is 38.0 Å². The molecule has 17 heavy (non-hydrogen) atoms. The first kappa shape index (κ1) is 13.6. The van der Waals surface area contributed by atoms with Crippen LogP contribution in [0.2, 0.25) is 0 Å². The fraction of sp³-hybridized carbons (Fsp3) is 0.500. The van der Waals surface area contributed by atoms with E-state index in [4.69, 9.17) is 5.73 Å². The molecule has 0 atom stereocenters. The molecule has 3 heteroatoms. The first-order valence-electron chi connectivity index (χ1n) is 6.25. The van der Waals surface area contributed by atoms with Gasteiger partial charge in [0.25, 0.3) is 5.91 Å². The van der Waals surface area contributed by atoms with Crippen molar-refractivity contribution in [3.05, 3.63) is 29.3 Å². The zero-order chi connectivity index (χ0) is 12.8. The molecule has 1 aromatic carbocycles. The molecule has 0 aromatic heterocycles. The number of unbranched alkanes of at least 4 members (excludes halogenated alkanes) is 1. The molecule has 1 amide bonds. The number of nitrogens with zero attached hydrogens (tertiary/aromatic N) is 1. The fourth-order valence-electron chi connectivity index (χ4n) is 1.71. The third kappa shape index (κ3) is 3.48. The van der Waals surface area contributed by atoms with E-state index in [1.165, 1.54) is 0 Å². The summed E-state index contributed by atoms with van der Waals surface area (Å²) < 4.78 is 0. The van der Waals surface area contributed by atoms with E-state index in [1.54, 1.807) is 6.07 Å². The minimum atomic E-state index is 0.0765. The summed E-state index contributed by atoms with van der Waals surface area (Å²) in [5, 5.41) is 0. The van der Waals surface area contributed by atoms with Crippen LogP contribution in [0.5, 0.6) is 0 Å². The number of benzene rings is 1. The largest absolute Gasteiger partial charge is 0.398 e. The van der Waals surface area contributed by atoms with Gasteiger partial charge in [-0.15, -0.1) is 0 Å². The lowest BCUT2D eigenvalue weighted by molar-refractivity contribution is 0.0762. The molecule has 0 bridgehead atoms. The Balaban J connectivity index is 2.82. The Morgan fingerprint density at radius 3 is 2.59 bits per heavy atom. The summed E-state index contributed by atoms with van der Waals surface area (Å²) in [5.41, 5.74) is 8.21. The molecular weight excluding hydrogens is 212 g/mol. The Labute approximate surface area is 104 Å². The summed E-state index contributed by atoms with van der Waals surface area (Å²) in [6, 6.07) is 5.52. The van der Waals surface area contributed by atoms with Gasteiger partial charge < -0.3 is 10.6 Å². The highest BCUT2D eigenvalue weighted by molar-refractivity contribution is 5.95. The second kappa shape index (κ2) is 6.28. The highest BCUT2D eigenvalue weighted by Gasteiger charge is 2.13. The first-order chi connectivity index (χ1) is 8.10. The molecule has 0 radical (unpaired) electrons. The van der Waals surface area contributed by atoms with Crippen LogP contribution in [0.3, 0.4) is 0 Å².